The van der Waals surface area contributed by atoms with Gasteiger partial charge in [-0.2, -0.15) is 0 Å². The number of rotatable bonds is 9. The number of hydrogen-bond acceptors (Lipinski definition) is 5. The van der Waals surface area contributed by atoms with Crippen LogP contribution in [0.5, 0.6) is 0 Å². The van der Waals surface area contributed by atoms with E-state index < -0.39 is 11.9 Å². The lowest BCUT2D eigenvalue weighted by Crippen LogP contribution is -2.29. The molecule has 0 aromatic heterocycles. The third-order valence-electron chi connectivity index (χ3n) is 2.77. The Labute approximate surface area is 131 Å². The third-order valence-corrected chi connectivity index (χ3v) is 2.77. The van der Waals surface area contributed by atoms with E-state index >= 15 is 0 Å². The summed E-state index contributed by atoms with van der Waals surface area (Å²) < 4.78 is 9.97. The van der Waals surface area contributed by atoms with Crippen molar-refractivity contribution in [1.29, 1.82) is 0 Å². The van der Waals surface area contributed by atoms with Crippen molar-refractivity contribution in [2.45, 2.75) is 33.1 Å². The van der Waals surface area contributed by atoms with Crippen molar-refractivity contribution in [2.24, 2.45) is 4.99 Å². The Morgan fingerprint density at radius 2 is 1.50 bits per heavy atom. The topological polar surface area (TPSA) is 65.0 Å². The van der Waals surface area contributed by atoms with E-state index in [9.17, 15) is 9.59 Å². The van der Waals surface area contributed by atoms with Crippen LogP contribution in [0.2, 0.25) is 0 Å². The summed E-state index contributed by atoms with van der Waals surface area (Å²) in [6.45, 7) is 4.63. The lowest BCUT2D eigenvalue weighted by atomic mass is 10.1. The Morgan fingerprint density at radius 1 is 0.955 bits per heavy atom. The number of hydrogen-bond donors (Lipinski definition) is 0. The normalized spacial score (nSPS) is 9.91. The largest absolute Gasteiger partial charge is 0.461 e. The molecule has 1 aromatic rings. The van der Waals surface area contributed by atoms with E-state index in [-0.39, 0.29) is 18.9 Å². The maximum atomic E-state index is 11.9. The van der Waals surface area contributed by atoms with Gasteiger partial charge in [-0.1, -0.05) is 44.2 Å². The number of benzene rings is 1. The van der Waals surface area contributed by atoms with Gasteiger partial charge in [0.05, 0.1) is 13.2 Å². The molecule has 0 aliphatic rings. The molecule has 0 spiro atoms. The quantitative estimate of drug-likeness (QED) is 0.399. The first-order valence-corrected chi connectivity index (χ1v) is 7.61. The van der Waals surface area contributed by atoms with Crippen molar-refractivity contribution in [3.8, 4) is 0 Å². The monoisotopic (exact) mass is 305 g/mol. The number of nitrogens with zero attached hydrogens (tertiary/aromatic N) is 1. The van der Waals surface area contributed by atoms with E-state index in [4.69, 9.17) is 9.47 Å². The average Bonchev–Trinajstić information content (AvgIpc) is 2.55. The fraction of sp³-hybridized carbons (Fsp3) is 0.471. The van der Waals surface area contributed by atoms with Gasteiger partial charge in [-0.25, -0.2) is 9.59 Å². The number of carbonyl (C=O) groups excluding carboxylic acids is 2. The highest BCUT2D eigenvalue weighted by molar-refractivity contribution is 6.62. The van der Waals surface area contributed by atoms with Crippen LogP contribution in [0.4, 0.5) is 0 Å². The molecule has 1 rings (SSSR count). The van der Waals surface area contributed by atoms with Gasteiger partial charge in [-0.15, -0.1) is 0 Å². The standard InChI is InChI=1S/C17H23NO4/c1-3-12-21-16(19)15(17(20)22-13-4-2)18-11-10-14-8-6-5-7-9-14/h5-9H,3-4,10-13H2,1-2H3. The minimum atomic E-state index is -0.712. The predicted molar refractivity (Wildman–Crippen MR) is 84.9 cm³/mol. The van der Waals surface area contributed by atoms with Gasteiger partial charge in [-0.05, 0) is 24.8 Å². The second kappa shape index (κ2) is 10.5. The molecule has 120 valence electrons. The van der Waals surface area contributed by atoms with Gasteiger partial charge in [0.2, 0.25) is 5.71 Å². The van der Waals surface area contributed by atoms with Crippen LogP contribution < -0.4 is 0 Å². The zero-order valence-corrected chi connectivity index (χ0v) is 13.2. The zero-order chi connectivity index (χ0) is 16.2. The summed E-state index contributed by atoms with van der Waals surface area (Å²) >= 11 is 0. The molecule has 0 saturated heterocycles. The molecule has 0 atom stereocenters. The lowest BCUT2D eigenvalue weighted by Gasteiger charge is -2.07. The molecule has 0 fully saturated rings. The molecule has 0 N–H and O–H groups in total. The highest BCUT2D eigenvalue weighted by Crippen LogP contribution is 2.01. The molecule has 22 heavy (non-hydrogen) atoms. The molecule has 0 bridgehead atoms. The molecule has 1 aromatic carbocycles. The predicted octanol–water partition coefficient (Wildman–Crippen LogP) is 2.58. The van der Waals surface area contributed by atoms with E-state index in [1.807, 2.05) is 44.2 Å². The van der Waals surface area contributed by atoms with Crippen LogP contribution in [0.1, 0.15) is 32.3 Å². The molecule has 0 amide bonds. The summed E-state index contributed by atoms with van der Waals surface area (Å²) in [5.74, 6) is -1.42. The molecule has 5 heteroatoms. The fourth-order valence-corrected chi connectivity index (χ4v) is 1.68. The van der Waals surface area contributed by atoms with Crippen LogP contribution in [0, 0.1) is 0 Å². The van der Waals surface area contributed by atoms with Crippen molar-refractivity contribution in [1.82, 2.24) is 0 Å². The number of esters is 2. The van der Waals surface area contributed by atoms with Gasteiger partial charge in [0.25, 0.3) is 0 Å². The molecule has 0 unspecified atom stereocenters. The SMILES string of the molecule is CCCOC(=O)C(=NCCc1ccccc1)C(=O)OCCC. The maximum absolute atomic E-state index is 11.9. The third kappa shape index (κ3) is 6.52. The van der Waals surface area contributed by atoms with E-state index in [2.05, 4.69) is 4.99 Å². The molecule has 0 aliphatic carbocycles. The summed E-state index contributed by atoms with van der Waals surface area (Å²) in [7, 11) is 0. The summed E-state index contributed by atoms with van der Waals surface area (Å²) in [5, 5.41) is 0. The minimum Gasteiger partial charge on any atom is -0.461 e. The number of ether oxygens (including phenoxy) is 2. The summed E-state index contributed by atoms with van der Waals surface area (Å²) in [6.07, 6.45) is 2.02. The van der Waals surface area contributed by atoms with Crippen molar-refractivity contribution >= 4 is 17.7 Å². The average molecular weight is 305 g/mol. The highest BCUT2D eigenvalue weighted by Gasteiger charge is 2.23. The van der Waals surface area contributed by atoms with Gasteiger partial charge < -0.3 is 9.47 Å². The van der Waals surface area contributed by atoms with E-state index in [0.29, 0.717) is 25.8 Å². The Bertz CT molecular complexity index is 475. The molecular weight excluding hydrogens is 282 g/mol. The molecule has 5 nitrogen and oxygen atoms in total. The molecule has 0 heterocycles. The van der Waals surface area contributed by atoms with Crippen LogP contribution in [0.25, 0.3) is 0 Å². The second-order valence-corrected chi connectivity index (χ2v) is 4.74. The van der Waals surface area contributed by atoms with Crippen LogP contribution in [-0.4, -0.2) is 37.4 Å². The van der Waals surface area contributed by atoms with E-state index in [0.717, 1.165) is 5.56 Å². The smallest absolute Gasteiger partial charge is 0.364 e. The van der Waals surface area contributed by atoms with Crippen LogP contribution in [0.15, 0.2) is 35.3 Å². The van der Waals surface area contributed by atoms with Crippen LogP contribution >= 0.6 is 0 Å². The summed E-state index contributed by atoms with van der Waals surface area (Å²) in [5.41, 5.74) is 0.840. The van der Waals surface area contributed by atoms with Crippen molar-refractivity contribution in [3.05, 3.63) is 35.9 Å². The maximum Gasteiger partial charge on any atom is 0.364 e. The second-order valence-electron chi connectivity index (χ2n) is 4.74. The van der Waals surface area contributed by atoms with E-state index in [1.54, 1.807) is 0 Å². The first kappa shape index (κ1) is 17.9. The first-order chi connectivity index (χ1) is 10.7. The Hall–Kier alpha value is -2.17. The highest BCUT2D eigenvalue weighted by atomic mass is 16.6. The Balaban J connectivity index is 2.68. The fourth-order valence-electron chi connectivity index (χ4n) is 1.68. The van der Waals surface area contributed by atoms with Crippen molar-refractivity contribution in [2.75, 3.05) is 19.8 Å². The van der Waals surface area contributed by atoms with Gasteiger partial charge in [0.15, 0.2) is 0 Å². The molecular formula is C17H23NO4. The van der Waals surface area contributed by atoms with Crippen molar-refractivity contribution in [3.63, 3.8) is 0 Å². The van der Waals surface area contributed by atoms with Gasteiger partial charge in [0.1, 0.15) is 0 Å². The molecule has 0 aliphatic heterocycles. The Kier molecular flexibility index (Phi) is 8.57. The number of aliphatic imine (C=N–C) groups is 1. The van der Waals surface area contributed by atoms with Gasteiger partial charge in [-0.3, -0.25) is 4.99 Å². The summed E-state index contributed by atoms with van der Waals surface area (Å²) in [4.78, 5) is 27.9. The first-order valence-electron chi connectivity index (χ1n) is 7.61. The lowest BCUT2D eigenvalue weighted by molar-refractivity contribution is -0.141. The van der Waals surface area contributed by atoms with E-state index in [1.165, 1.54) is 0 Å². The van der Waals surface area contributed by atoms with Crippen LogP contribution in [0.3, 0.4) is 0 Å². The zero-order valence-electron chi connectivity index (χ0n) is 13.2. The van der Waals surface area contributed by atoms with Gasteiger partial charge >= 0.3 is 11.9 Å². The molecule has 0 radical (unpaired) electrons. The number of carbonyl (C=O) groups is 2. The van der Waals surface area contributed by atoms with Crippen LogP contribution in [-0.2, 0) is 25.5 Å². The Morgan fingerprint density at radius 3 is 2.00 bits per heavy atom. The molecule has 0 saturated carbocycles. The summed E-state index contributed by atoms with van der Waals surface area (Å²) in [6, 6.07) is 9.75. The van der Waals surface area contributed by atoms with Crippen molar-refractivity contribution < 1.29 is 19.1 Å². The van der Waals surface area contributed by atoms with Gasteiger partial charge in [0, 0.05) is 6.54 Å². The minimum absolute atomic E-state index is 0.252.